The van der Waals surface area contributed by atoms with Gasteiger partial charge in [0, 0.05) is 17.9 Å². The highest BCUT2D eigenvalue weighted by atomic mass is 16.4. The van der Waals surface area contributed by atoms with E-state index >= 15 is 0 Å². The van der Waals surface area contributed by atoms with E-state index < -0.39 is 23.8 Å². The van der Waals surface area contributed by atoms with Crippen molar-refractivity contribution >= 4 is 22.6 Å². The predicted octanol–water partition coefficient (Wildman–Crippen LogP) is 2.57. The first kappa shape index (κ1) is 15.5. The van der Waals surface area contributed by atoms with Crippen LogP contribution in [0, 0.1) is 17.2 Å². The van der Waals surface area contributed by atoms with Crippen LogP contribution in [0.15, 0.2) is 42.5 Å². The van der Waals surface area contributed by atoms with Gasteiger partial charge in [-0.1, -0.05) is 43.3 Å². The van der Waals surface area contributed by atoms with Gasteiger partial charge in [0.15, 0.2) is 0 Å². The molecule has 0 heterocycles. The minimum atomic E-state index is -1.14. The number of carboxylic acids is 1. The van der Waals surface area contributed by atoms with E-state index in [9.17, 15) is 14.7 Å². The average Bonchev–Trinajstić information content (AvgIpc) is 2.51. The van der Waals surface area contributed by atoms with E-state index in [1.165, 1.54) is 0 Å². The molecule has 0 unspecified atom stereocenters. The molecule has 0 aliphatic heterocycles. The van der Waals surface area contributed by atoms with Crippen LogP contribution in [0.4, 0.5) is 0 Å². The minimum Gasteiger partial charge on any atom is -0.480 e. The van der Waals surface area contributed by atoms with Crippen LogP contribution in [0.5, 0.6) is 0 Å². The van der Waals surface area contributed by atoms with Gasteiger partial charge in [0.2, 0.25) is 0 Å². The van der Waals surface area contributed by atoms with Crippen molar-refractivity contribution in [2.24, 2.45) is 5.92 Å². The highest BCUT2D eigenvalue weighted by molar-refractivity contribution is 6.07. The molecule has 2 rings (SSSR count). The Labute approximate surface area is 128 Å². The van der Waals surface area contributed by atoms with Crippen molar-refractivity contribution in [3.63, 3.8) is 0 Å². The quantitative estimate of drug-likeness (QED) is 0.887. The molecule has 0 saturated heterocycles. The van der Waals surface area contributed by atoms with Gasteiger partial charge in [-0.2, -0.15) is 5.26 Å². The fraction of sp³-hybridized carbons (Fsp3) is 0.235. The van der Waals surface area contributed by atoms with Gasteiger partial charge in [0.25, 0.3) is 5.91 Å². The Hall–Kier alpha value is -2.87. The number of rotatable bonds is 5. The van der Waals surface area contributed by atoms with Gasteiger partial charge in [-0.05, 0) is 16.8 Å². The first-order chi connectivity index (χ1) is 10.5. The Morgan fingerprint density at radius 2 is 1.91 bits per heavy atom. The summed E-state index contributed by atoms with van der Waals surface area (Å²) in [5.41, 5.74) is 0.425. The summed E-state index contributed by atoms with van der Waals surface area (Å²) in [6.07, 6.45) is 0.0623. The van der Waals surface area contributed by atoms with Crippen molar-refractivity contribution in [1.82, 2.24) is 5.32 Å². The lowest BCUT2D eigenvalue weighted by Crippen LogP contribution is -2.45. The van der Waals surface area contributed by atoms with E-state index in [2.05, 4.69) is 5.32 Å². The number of aliphatic carboxylic acids is 1. The maximum Gasteiger partial charge on any atom is 0.326 e. The van der Waals surface area contributed by atoms with Gasteiger partial charge in [0.05, 0.1) is 6.07 Å². The lowest BCUT2D eigenvalue weighted by molar-refractivity contribution is -0.140. The van der Waals surface area contributed by atoms with E-state index in [1.807, 2.05) is 36.4 Å². The molecule has 2 atom stereocenters. The smallest absolute Gasteiger partial charge is 0.326 e. The number of carbonyl (C=O) groups is 2. The number of carbonyl (C=O) groups excluding carboxylic acids is 1. The third kappa shape index (κ3) is 3.23. The zero-order chi connectivity index (χ0) is 16.1. The number of nitriles is 1. The molecule has 0 saturated carbocycles. The van der Waals surface area contributed by atoms with E-state index in [-0.39, 0.29) is 6.42 Å². The molecule has 2 aromatic carbocycles. The van der Waals surface area contributed by atoms with Crippen LogP contribution in [-0.4, -0.2) is 23.0 Å². The molecule has 0 radical (unpaired) electrons. The molecule has 0 bridgehead atoms. The van der Waals surface area contributed by atoms with E-state index in [0.29, 0.717) is 5.56 Å². The van der Waals surface area contributed by atoms with Crippen molar-refractivity contribution in [2.45, 2.75) is 19.4 Å². The third-order valence-corrected chi connectivity index (χ3v) is 3.57. The van der Waals surface area contributed by atoms with Crippen molar-refractivity contribution in [3.05, 3.63) is 48.0 Å². The van der Waals surface area contributed by atoms with Crippen LogP contribution in [-0.2, 0) is 4.79 Å². The number of hydrogen-bond acceptors (Lipinski definition) is 3. The van der Waals surface area contributed by atoms with Gasteiger partial charge in [-0.15, -0.1) is 0 Å². The summed E-state index contributed by atoms with van der Waals surface area (Å²) in [5, 5.41) is 22.2. The Balaban J connectivity index is 2.30. The molecule has 2 N–H and O–H groups in total. The van der Waals surface area contributed by atoms with E-state index in [4.69, 9.17) is 5.26 Å². The summed E-state index contributed by atoms with van der Waals surface area (Å²) in [5.74, 6) is -2.06. The topological polar surface area (TPSA) is 90.2 Å². The second kappa shape index (κ2) is 6.72. The van der Waals surface area contributed by atoms with Gasteiger partial charge in [0.1, 0.15) is 6.04 Å². The van der Waals surface area contributed by atoms with Crippen LogP contribution in [0.1, 0.15) is 23.7 Å². The summed E-state index contributed by atoms with van der Waals surface area (Å²) in [6.45, 7) is 1.63. The summed E-state index contributed by atoms with van der Waals surface area (Å²) in [4.78, 5) is 23.7. The second-order valence-corrected chi connectivity index (χ2v) is 5.16. The van der Waals surface area contributed by atoms with Crippen molar-refractivity contribution in [2.75, 3.05) is 0 Å². The average molecular weight is 296 g/mol. The standard InChI is InChI=1S/C17H16N2O3/c1-11(9-10-18)15(17(21)22)19-16(20)14-8-4-6-12-5-2-3-7-13(12)14/h2-8,11,15H,9H2,1H3,(H,19,20)(H,21,22)/t11-,15+/m0/s1. The number of benzene rings is 2. The molecule has 22 heavy (non-hydrogen) atoms. The van der Waals surface area contributed by atoms with Gasteiger partial charge < -0.3 is 10.4 Å². The first-order valence-corrected chi connectivity index (χ1v) is 6.93. The second-order valence-electron chi connectivity index (χ2n) is 5.16. The number of hydrogen-bond donors (Lipinski definition) is 2. The highest BCUT2D eigenvalue weighted by Crippen LogP contribution is 2.19. The molecule has 0 fully saturated rings. The van der Waals surface area contributed by atoms with Crippen molar-refractivity contribution in [3.8, 4) is 6.07 Å². The molecule has 0 aromatic heterocycles. The molecule has 1 amide bonds. The van der Waals surface area contributed by atoms with Crippen LogP contribution >= 0.6 is 0 Å². The predicted molar refractivity (Wildman–Crippen MR) is 82.2 cm³/mol. The number of carboxylic acid groups (broad SMARTS) is 1. The van der Waals surface area contributed by atoms with Gasteiger partial charge in [-0.25, -0.2) is 4.79 Å². The molecule has 0 aliphatic rings. The van der Waals surface area contributed by atoms with Crippen molar-refractivity contribution in [1.29, 1.82) is 5.26 Å². The SMILES string of the molecule is C[C@@H](CC#N)[C@@H](NC(=O)c1cccc2ccccc12)C(=O)O. The summed E-state index contributed by atoms with van der Waals surface area (Å²) in [6, 6.07) is 13.5. The maximum atomic E-state index is 12.4. The van der Waals surface area contributed by atoms with Crippen molar-refractivity contribution < 1.29 is 14.7 Å². The fourth-order valence-corrected chi connectivity index (χ4v) is 2.35. The lowest BCUT2D eigenvalue weighted by Gasteiger charge is -2.19. The molecular weight excluding hydrogens is 280 g/mol. The number of nitrogens with zero attached hydrogens (tertiary/aromatic N) is 1. The Morgan fingerprint density at radius 3 is 2.59 bits per heavy atom. The van der Waals surface area contributed by atoms with Crippen LogP contribution in [0.25, 0.3) is 10.8 Å². The number of amides is 1. The highest BCUT2D eigenvalue weighted by Gasteiger charge is 2.27. The molecular formula is C17H16N2O3. The van der Waals surface area contributed by atoms with Crippen LogP contribution < -0.4 is 5.32 Å². The molecule has 2 aromatic rings. The number of fused-ring (bicyclic) bond motifs is 1. The number of nitrogens with one attached hydrogen (secondary N) is 1. The molecule has 0 spiro atoms. The minimum absolute atomic E-state index is 0.0623. The van der Waals surface area contributed by atoms with Gasteiger partial charge in [-0.3, -0.25) is 4.79 Å². The fourth-order valence-electron chi connectivity index (χ4n) is 2.35. The van der Waals surface area contributed by atoms with E-state index in [1.54, 1.807) is 19.1 Å². The largest absolute Gasteiger partial charge is 0.480 e. The maximum absolute atomic E-state index is 12.4. The van der Waals surface area contributed by atoms with Gasteiger partial charge >= 0.3 is 5.97 Å². The molecule has 0 aliphatic carbocycles. The van der Waals surface area contributed by atoms with Crippen LogP contribution in [0.2, 0.25) is 0 Å². The third-order valence-electron chi connectivity index (χ3n) is 3.57. The Kier molecular flexibility index (Phi) is 4.74. The monoisotopic (exact) mass is 296 g/mol. The zero-order valence-corrected chi connectivity index (χ0v) is 12.1. The lowest BCUT2D eigenvalue weighted by atomic mass is 9.98. The summed E-state index contributed by atoms with van der Waals surface area (Å²) >= 11 is 0. The summed E-state index contributed by atoms with van der Waals surface area (Å²) < 4.78 is 0. The molecule has 5 nitrogen and oxygen atoms in total. The first-order valence-electron chi connectivity index (χ1n) is 6.93. The van der Waals surface area contributed by atoms with Crippen LogP contribution in [0.3, 0.4) is 0 Å². The Bertz CT molecular complexity index is 744. The Morgan fingerprint density at radius 1 is 1.23 bits per heavy atom. The normalized spacial score (nSPS) is 13.1. The van der Waals surface area contributed by atoms with E-state index in [0.717, 1.165) is 10.8 Å². The zero-order valence-electron chi connectivity index (χ0n) is 12.1. The molecule has 5 heteroatoms. The molecule has 112 valence electrons. The summed E-state index contributed by atoms with van der Waals surface area (Å²) in [7, 11) is 0.